The predicted octanol–water partition coefficient (Wildman–Crippen LogP) is 2.03. The smallest absolute Gasteiger partial charge is 0.323 e. The number of anilines is 1. The molecule has 1 atom stereocenters. The molecular formula is C19H18N4O3. The lowest BCUT2D eigenvalue weighted by atomic mass is 10.0. The third-order valence-electron chi connectivity index (χ3n) is 4.26. The molecule has 0 saturated carbocycles. The Morgan fingerprint density at radius 2 is 1.92 bits per heavy atom. The number of hydrogen-bond acceptors (Lipinski definition) is 4. The first kappa shape index (κ1) is 16.2. The zero-order valence-electron chi connectivity index (χ0n) is 13.9. The predicted molar refractivity (Wildman–Crippen MR) is 98.2 cm³/mol. The van der Waals surface area contributed by atoms with Crippen LogP contribution in [0.25, 0.3) is 11.3 Å². The van der Waals surface area contributed by atoms with E-state index in [1.807, 2.05) is 36.4 Å². The largest absolute Gasteiger partial charge is 0.492 e. The van der Waals surface area contributed by atoms with Gasteiger partial charge in [-0.1, -0.05) is 30.3 Å². The quantitative estimate of drug-likeness (QED) is 0.581. The van der Waals surface area contributed by atoms with E-state index in [0.29, 0.717) is 24.5 Å². The highest BCUT2D eigenvalue weighted by molar-refractivity contribution is 5.96. The van der Waals surface area contributed by atoms with Crippen LogP contribution in [0.5, 0.6) is 5.75 Å². The van der Waals surface area contributed by atoms with Gasteiger partial charge in [-0.05, 0) is 23.8 Å². The first-order valence-electron chi connectivity index (χ1n) is 8.35. The third kappa shape index (κ3) is 3.25. The monoisotopic (exact) mass is 350 g/mol. The van der Waals surface area contributed by atoms with Gasteiger partial charge in [0.1, 0.15) is 18.4 Å². The maximum Gasteiger partial charge on any atom is 0.323 e. The summed E-state index contributed by atoms with van der Waals surface area (Å²) in [7, 11) is 0. The second-order valence-corrected chi connectivity index (χ2v) is 6.00. The zero-order valence-corrected chi connectivity index (χ0v) is 13.9. The molecule has 0 spiro atoms. The number of para-hydroxylation sites is 1. The molecule has 1 unspecified atom stereocenters. The highest BCUT2D eigenvalue weighted by Crippen LogP contribution is 2.28. The van der Waals surface area contributed by atoms with Crippen LogP contribution in [0.1, 0.15) is 11.6 Å². The molecule has 2 aromatic carbocycles. The van der Waals surface area contributed by atoms with E-state index >= 15 is 0 Å². The van der Waals surface area contributed by atoms with Crippen LogP contribution in [-0.2, 0) is 4.79 Å². The number of rotatable bonds is 3. The summed E-state index contributed by atoms with van der Waals surface area (Å²) in [6.45, 7) is 1.11. The molecule has 1 amide bonds. The standard InChI is InChI=1S/C19H18N4O3/c24-18(17-14-3-1-2-4-16(14)26-10-9-20-17)22-13-7-5-12(6-8-13)15-11-21-19(25)23-15/h1-8,11,17,20H,9-10H2,(H,22,24)(H2,21,23,25). The molecule has 0 radical (unpaired) electrons. The first-order valence-corrected chi connectivity index (χ1v) is 8.35. The number of nitrogens with one attached hydrogen (secondary N) is 4. The average molecular weight is 350 g/mol. The summed E-state index contributed by atoms with van der Waals surface area (Å²) in [5, 5.41) is 6.14. The SMILES string of the molecule is O=C(Nc1ccc(-c2c[nH]c(=O)[nH]2)cc1)C1NCCOc2ccccc21. The number of carbonyl (C=O) groups is 1. The van der Waals surface area contributed by atoms with Crippen molar-refractivity contribution in [2.24, 2.45) is 0 Å². The van der Waals surface area contributed by atoms with Gasteiger partial charge in [0.15, 0.2) is 0 Å². The number of hydrogen-bond donors (Lipinski definition) is 4. The molecule has 3 aromatic rings. The van der Waals surface area contributed by atoms with Crippen LogP contribution < -0.4 is 21.1 Å². The minimum absolute atomic E-state index is 0.147. The van der Waals surface area contributed by atoms with E-state index in [9.17, 15) is 9.59 Å². The fraction of sp³-hybridized carbons (Fsp3) is 0.158. The number of aromatic amines is 2. The molecule has 0 bridgehead atoms. The summed E-state index contributed by atoms with van der Waals surface area (Å²) < 4.78 is 5.67. The van der Waals surface area contributed by atoms with Crippen molar-refractivity contribution >= 4 is 11.6 Å². The Morgan fingerprint density at radius 1 is 1.12 bits per heavy atom. The molecule has 1 aliphatic rings. The van der Waals surface area contributed by atoms with E-state index in [4.69, 9.17) is 4.74 Å². The highest BCUT2D eigenvalue weighted by Gasteiger charge is 2.25. The van der Waals surface area contributed by atoms with E-state index in [-0.39, 0.29) is 11.6 Å². The molecule has 4 rings (SSSR count). The van der Waals surface area contributed by atoms with Gasteiger partial charge in [0.2, 0.25) is 5.91 Å². The molecule has 1 aliphatic heterocycles. The molecule has 26 heavy (non-hydrogen) atoms. The van der Waals surface area contributed by atoms with Crippen molar-refractivity contribution < 1.29 is 9.53 Å². The van der Waals surface area contributed by atoms with E-state index in [1.165, 1.54) is 0 Å². The van der Waals surface area contributed by atoms with E-state index in [2.05, 4.69) is 20.6 Å². The van der Waals surface area contributed by atoms with Crippen LogP contribution in [0.3, 0.4) is 0 Å². The molecule has 0 saturated heterocycles. The van der Waals surface area contributed by atoms with Crippen LogP contribution in [0.15, 0.2) is 59.5 Å². The molecule has 7 heteroatoms. The average Bonchev–Trinajstić information content (AvgIpc) is 2.97. The summed E-state index contributed by atoms with van der Waals surface area (Å²) >= 11 is 0. The van der Waals surface area contributed by atoms with Gasteiger partial charge in [-0.15, -0.1) is 0 Å². The zero-order chi connectivity index (χ0) is 17.9. The Bertz CT molecular complexity index is 975. The first-order chi connectivity index (χ1) is 12.7. The molecular weight excluding hydrogens is 332 g/mol. The topological polar surface area (TPSA) is 99.0 Å². The summed E-state index contributed by atoms with van der Waals surface area (Å²) in [4.78, 5) is 29.2. The molecule has 7 nitrogen and oxygen atoms in total. The van der Waals surface area contributed by atoms with Crippen molar-refractivity contribution in [2.75, 3.05) is 18.5 Å². The van der Waals surface area contributed by atoms with Gasteiger partial charge >= 0.3 is 5.69 Å². The fourth-order valence-electron chi connectivity index (χ4n) is 2.99. The number of fused-ring (bicyclic) bond motifs is 1. The lowest BCUT2D eigenvalue weighted by molar-refractivity contribution is -0.118. The summed E-state index contributed by atoms with van der Waals surface area (Å²) in [6.07, 6.45) is 1.61. The third-order valence-corrected chi connectivity index (χ3v) is 4.26. The molecule has 132 valence electrons. The van der Waals surface area contributed by atoms with Crippen LogP contribution in [0, 0.1) is 0 Å². The number of imidazole rings is 1. The fourth-order valence-corrected chi connectivity index (χ4v) is 2.99. The number of amides is 1. The Morgan fingerprint density at radius 3 is 2.69 bits per heavy atom. The molecule has 1 aromatic heterocycles. The maximum atomic E-state index is 12.8. The van der Waals surface area contributed by atoms with Crippen LogP contribution in [0.4, 0.5) is 5.69 Å². The van der Waals surface area contributed by atoms with Crippen LogP contribution in [0.2, 0.25) is 0 Å². The Labute approximate surface area is 149 Å². The van der Waals surface area contributed by atoms with E-state index in [1.54, 1.807) is 18.3 Å². The molecule has 0 aliphatic carbocycles. The van der Waals surface area contributed by atoms with Crippen LogP contribution in [-0.4, -0.2) is 29.0 Å². The minimum atomic E-state index is -0.477. The number of aromatic nitrogens is 2. The molecule has 0 fully saturated rings. The molecule has 4 N–H and O–H groups in total. The second-order valence-electron chi connectivity index (χ2n) is 6.00. The number of benzene rings is 2. The number of ether oxygens (including phenoxy) is 1. The van der Waals surface area contributed by atoms with Crippen LogP contribution >= 0.6 is 0 Å². The lowest BCUT2D eigenvalue weighted by Gasteiger charge is -2.17. The van der Waals surface area contributed by atoms with Gasteiger partial charge in [0.25, 0.3) is 0 Å². The van der Waals surface area contributed by atoms with Crippen molar-refractivity contribution in [3.05, 3.63) is 70.8 Å². The highest BCUT2D eigenvalue weighted by atomic mass is 16.5. The van der Waals surface area contributed by atoms with Crippen molar-refractivity contribution in [3.63, 3.8) is 0 Å². The maximum absolute atomic E-state index is 12.8. The molecule has 2 heterocycles. The van der Waals surface area contributed by atoms with Crippen molar-refractivity contribution in [1.29, 1.82) is 0 Å². The minimum Gasteiger partial charge on any atom is -0.492 e. The lowest BCUT2D eigenvalue weighted by Crippen LogP contribution is -2.33. The van der Waals surface area contributed by atoms with Gasteiger partial charge in [-0.2, -0.15) is 0 Å². The Balaban J connectivity index is 1.52. The normalized spacial score (nSPS) is 16.2. The second kappa shape index (κ2) is 6.89. The summed E-state index contributed by atoms with van der Waals surface area (Å²) in [6, 6.07) is 14.4. The Kier molecular flexibility index (Phi) is 4.28. The van der Waals surface area contributed by atoms with Gasteiger partial charge in [0, 0.05) is 24.0 Å². The van der Waals surface area contributed by atoms with Crippen molar-refractivity contribution in [2.45, 2.75) is 6.04 Å². The van der Waals surface area contributed by atoms with Gasteiger partial charge in [0.05, 0.1) is 5.69 Å². The summed E-state index contributed by atoms with van der Waals surface area (Å²) in [5.41, 5.74) is 2.81. The van der Waals surface area contributed by atoms with E-state index < -0.39 is 6.04 Å². The van der Waals surface area contributed by atoms with Crippen molar-refractivity contribution in [1.82, 2.24) is 15.3 Å². The van der Waals surface area contributed by atoms with E-state index in [0.717, 1.165) is 16.9 Å². The van der Waals surface area contributed by atoms with Gasteiger partial charge in [-0.25, -0.2) is 4.79 Å². The number of carbonyl (C=O) groups excluding carboxylic acids is 1. The van der Waals surface area contributed by atoms with Gasteiger partial charge in [-0.3, -0.25) is 10.1 Å². The van der Waals surface area contributed by atoms with Crippen molar-refractivity contribution in [3.8, 4) is 17.0 Å². The Hall–Kier alpha value is -3.32. The van der Waals surface area contributed by atoms with Gasteiger partial charge < -0.3 is 20.0 Å². The summed E-state index contributed by atoms with van der Waals surface area (Å²) in [5.74, 6) is 0.579. The number of H-pyrrole nitrogens is 2.